The smallest absolute Gasteiger partial charge is 0.271 e. The van der Waals surface area contributed by atoms with Crippen LogP contribution in [0.25, 0.3) is 0 Å². The molecule has 0 saturated heterocycles. The maximum absolute atomic E-state index is 12.3. The van der Waals surface area contributed by atoms with E-state index in [-0.39, 0.29) is 17.9 Å². The molecule has 0 aliphatic carbocycles. The van der Waals surface area contributed by atoms with Gasteiger partial charge in [0.1, 0.15) is 11.9 Å². The Morgan fingerprint density at radius 3 is 2.96 bits per heavy atom. The Morgan fingerprint density at radius 2 is 2.24 bits per heavy atom. The highest BCUT2D eigenvalue weighted by Crippen LogP contribution is 2.14. The van der Waals surface area contributed by atoms with Crippen LogP contribution in [0.5, 0.6) is 5.75 Å². The average Bonchev–Trinajstić information content (AvgIpc) is 3.03. The second-order valence-corrected chi connectivity index (χ2v) is 6.01. The molecular weight excluding hydrogens is 322 g/mol. The molecule has 3 rings (SSSR count). The minimum absolute atomic E-state index is 0.0276. The number of nitrogens with one attached hydrogen (secondary N) is 1. The number of carbonyl (C=O) groups excluding carboxylic acids is 2. The zero-order valence-electron chi connectivity index (χ0n) is 14.3. The Hall–Kier alpha value is -2.90. The Kier molecular flexibility index (Phi) is 4.97. The van der Waals surface area contributed by atoms with E-state index in [9.17, 15) is 9.59 Å². The van der Waals surface area contributed by atoms with E-state index in [4.69, 9.17) is 4.74 Å². The van der Waals surface area contributed by atoms with E-state index >= 15 is 0 Å². The summed E-state index contributed by atoms with van der Waals surface area (Å²) in [4.78, 5) is 29.5. The molecule has 1 aliphatic rings. The van der Waals surface area contributed by atoms with Gasteiger partial charge >= 0.3 is 0 Å². The zero-order chi connectivity index (χ0) is 17.8. The van der Waals surface area contributed by atoms with Crippen LogP contribution < -0.4 is 10.1 Å². The van der Waals surface area contributed by atoms with Gasteiger partial charge in [0, 0.05) is 19.7 Å². The molecule has 8 heteroatoms. The Balaban J connectivity index is 1.55. The van der Waals surface area contributed by atoms with Crippen molar-refractivity contribution >= 4 is 11.8 Å². The number of fused-ring (bicyclic) bond motifs is 1. The summed E-state index contributed by atoms with van der Waals surface area (Å²) in [5, 5.41) is 7.14. The first kappa shape index (κ1) is 16.9. The van der Waals surface area contributed by atoms with Crippen LogP contribution in [0.3, 0.4) is 0 Å². The molecule has 1 unspecified atom stereocenters. The van der Waals surface area contributed by atoms with E-state index in [1.165, 1.54) is 0 Å². The normalized spacial score (nSPS) is 14.6. The summed E-state index contributed by atoms with van der Waals surface area (Å²) in [7, 11) is 0. The molecule has 0 radical (unpaired) electrons. The molecule has 2 aromatic rings. The van der Waals surface area contributed by atoms with Gasteiger partial charge in [-0.2, -0.15) is 5.10 Å². The molecule has 0 spiro atoms. The van der Waals surface area contributed by atoms with Crippen molar-refractivity contribution in [2.24, 2.45) is 0 Å². The van der Waals surface area contributed by atoms with Crippen LogP contribution >= 0.6 is 0 Å². The number of hydrogen-bond donors (Lipinski definition) is 1. The van der Waals surface area contributed by atoms with Crippen LogP contribution in [-0.2, 0) is 17.9 Å². The fourth-order valence-electron chi connectivity index (χ4n) is 2.66. The van der Waals surface area contributed by atoms with Gasteiger partial charge in [-0.25, -0.2) is 0 Å². The Labute approximate surface area is 145 Å². The monoisotopic (exact) mass is 343 g/mol. The second kappa shape index (κ2) is 7.33. The molecule has 132 valence electrons. The molecule has 0 fully saturated rings. The van der Waals surface area contributed by atoms with Crippen molar-refractivity contribution in [1.82, 2.24) is 25.0 Å². The first-order chi connectivity index (χ1) is 12.0. The molecule has 1 N–H and O–H groups in total. The number of hydrogen-bond acceptors (Lipinski definition) is 5. The molecule has 0 aromatic carbocycles. The van der Waals surface area contributed by atoms with Crippen LogP contribution in [0.1, 0.15) is 30.0 Å². The number of pyridine rings is 1. The van der Waals surface area contributed by atoms with Crippen LogP contribution in [0.4, 0.5) is 0 Å². The highest BCUT2D eigenvalue weighted by Gasteiger charge is 2.22. The van der Waals surface area contributed by atoms with E-state index in [1.54, 1.807) is 41.0 Å². The number of carbonyl (C=O) groups is 2. The predicted molar refractivity (Wildman–Crippen MR) is 90.0 cm³/mol. The van der Waals surface area contributed by atoms with E-state index in [1.807, 2.05) is 13.0 Å². The van der Waals surface area contributed by atoms with Gasteiger partial charge in [-0.3, -0.25) is 19.3 Å². The van der Waals surface area contributed by atoms with Crippen molar-refractivity contribution in [2.45, 2.75) is 33.0 Å². The Morgan fingerprint density at radius 1 is 1.40 bits per heavy atom. The molecule has 2 aromatic heterocycles. The van der Waals surface area contributed by atoms with E-state index in [0.717, 1.165) is 5.69 Å². The molecule has 25 heavy (non-hydrogen) atoms. The van der Waals surface area contributed by atoms with Crippen molar-refractivity contribution < 1.29 is 14.3 Å². The molecule has 1 atom stereocenters. The average molecular weight is 343 g/mol. The van der Waals surface area contributed by atoms with Crippen LogP contribution in [0.2, 0.25) is 0 Å². The highest BCUT2D eigenvalue weighted by atomic mass is 16.5. The maximum atomic E-state index is 12.3. The topological polar surface area (TPSA) is 89.4 Å². The zero-order valence-corrected chi connectivity index (χ0v) is 14.3. The van der Waals surface area contributed by atoms with E-state index in [0.29, 0.717) is 37.6 Å². The van der Waals surface area contributed by atoms with Gasteiger partial charge in [0.2, 0.25) is 5.91 Å². The van der Waals surface area contributed by atoms with Gasteiger partial charge < -0.3 is 15.0 Å². The van der Waals surface area contributed by atoms with E-state index in [2.05, 4.69) is 15.4 Å². The van der Waals surface area contributed by atoms with Gasteiger partial charge in [0.25, 0.3) is 5.91 Å². The molecule has 1 aliphatic heterocycles. The number of nitrogens with zero attached hydrogens (tertiary/aromatic N) is 4. The standard InChI is InChI=1S/C17H21N5O3/c1-12(25-15-4-3-5-18-10-15)9-19-17(24)16-8-14-11-21(13(2)23)6-7-22(14)20-16/h3-5,8,10,12H,6-7,9,11H2,1-2H3,(H,19,24). The number of rotatable bonds is 5. The maximum Gasteiger partial charge on any atom is 0.271 e. The summed E-state index contributed by atoms with van der Waals surface area (Å²) in [5.41, 5.74) is 1.22. The lowest BCUT2D eigenvalue weighted by molar-refractivity contribution is -0.130. The minimum Gasteiger partial charge on any atom is -0.487 e. The van der Waals surface area contributed by atoms with Crippen LogP contribution in [0, 0.1) is 0 Å². The first-order valence-electron chi connectivity index (χ1n) is 8.20. The number of aromatic nitrogens is 3. The van der Waals surface area contributed by atoms with Crippen molar-refractivity contribution in [3.63, 3.8) is 0 Å². The van der Waals surface area contributed by atoms with Gasteiger partial charge in [0.05, 0.1) is 31.5 Å². The van der Waals surface area contributed by atoms with Crippen LogP contribution in [-0.4, -0.2) is 50.7 Å². The molecule has 0 bridgehead atoms. The Bertz CT molecular complexity index is 759. The summed E-state index contributed by atoms with van der Waals surface area (Å²) in [6.07, 6.45) is 3.11. The van der Waals surface area contributed by atoms with E-state index < -0.39 is 0 Å². The summed E-state index contributed by atoms with van der Waals surface area (Å²) in [6.45, 7) is 5.47. The van der Waals surface area contributed by atoms with Gasteiger partial charge in [0.15, 0.2) is 5.69 Å². The van der Waals surface area contributed by atoms with Gasteiger partial charge in [-0.1, -0.05) is 0 Å². The van der Waals surface area contributed by atoms with Crippen molar-refractivity contribution in [3.05, 3.63) is 42.0 Å². The lowest BCUT2D eigenvalue weighted by Crippen LogP contribution is -2.37. The van der Waals surface area contributed by atoms with Crippen LogP contribution in [0.15, 0.2) is 30.6 Å². The highest BCUT2D eigenvalue weighted by molar-refractivity contribution is 5.92. The largest absolute Gasteiger partial charge is 0.487 e. The summed E-state index contributed by atoms with van der Waals surface area (Å²) in [6, 6.07) is 5.34. The molecule has 2 amide bonds. The van der Waals surface area contributed by atoms with Crippen molar-refractivity contribution in [1.29, 1.82) is 0 Å². The number of ether oxygens (including phenoxy) is 1. The third-order valence-electron chi connectivity index (χ3n) is 4.00. The third kappa shape index (κ3) is 4.14. The first-order valence-corrected chi connectivity index (χ1v) is 8.20. The quantitative estimate of drug-likeness (QED) is 0.869. The van der Waals surface area contributed by atoms with Gasteiger partial charge in [-0.05, 0) is 25.1 Å². The fraction of sp³-hybridized carbons (Fsp3) is 0.412. The van der Waals surface area contributed by atoms with Crippen molar-refractivity contribution in [3.8, 4) is 5.75 Å². The molecule has 3 heterocycles. The minimum atomic E-state index is -0.252. The fourth-order valence-corrected chi connectivity index (χ4v) is 2.66. The molecule has 8 nitrogen and oxygen atoms in total. The lowest BCUT2D eigenvalue weighted by atomic mass is 10.2. The summed E-state index contributed by atoms with van der Waals surface area (Å²) in [5.74, 6) is 0.434. The van der Waals surface area contributed by atoms with Gasteiger partial charge in [-0.15, -0.1) is 0 Å². The lowest BCUT2D eigenvalue weighted by Gasteiger charge is -2.26. The number of amides is 2. The summed E-state index contributed by atoms with van der Waals surface area (Å²) >= 11 is 0. The SMILES string of the molecule is CC(=O)N1CCn2nc(C(=O)NCC(C)Oc3cccnc3)cc2C1. The van der Waals surface area contributed by atoms with Crippen molar-refractivity contribution in [2.75, 3.05) is 13.1 Å². The molecular formula is C17H21N5O3. The third-order valence-corrected chi connectivity index (χ3v) is 4.00. The molecule has 0 saturated carbocycles. The predicted octanol–water partition coefficient (Wildman–Crippen LogP) is 0.837. The summed E-state index contributed by atoms with van der Waals surface area (Å²) < 4.78 is 7.46. The second-order valence-electron chi connectivity index (χ2n) is 6.01.